The second-order valence-electron chi connectivity index (χ2n) is 2.80. The number of carbonyl (C=O) groups excluding carboxylic acids is 1. The van der Waals surface area contributed by atoms with Crippen molar-refractivity contribution in [3.05, 3.63) is 17.7 Å². The number of benzene rings is 1. The van der Waals surface area contributed by atoms with E-state index in [9.17, 15) is 15.0 Å². The Bertz CT molecular complexity index is 386. The molecular weight excluding hydrogens is 204 g/mol. The van der Waals surface area contributed by atoms with Crippen LogP contribution < -0.4 is 0 Å². The molecule has 82 valence electrons. The van der Waals surface area contributed by atoms with Crippen molar-refractivity contribution in [3.8, 4) is 17.2 Å². The molecule has 1 aromatic carbocycles. The lowest BCUT2D eigenvalue weighted by Gasteiger charge is -2.11. The lowest BCUT2D eigenvalue weighted by molar-refractivity contribution is -0.150. The van der Waals surface area contributed by atoms with Gasteiger partial charge >= 0.3 is 5.97 Å². The van der Waals surface area contributed by atoms with Gasteiger partial charge in [-0.05, 0) is 12.1 Å². The van der Waals surface area contributed by atoms with Gasteiger partial charge in [-0.15, -0.1) is 0 Å². The molecule has 0 spiro atoms. The average Bonchev–Trinajstić information content (AvgIpc) is 2.24. The monoisotopic (exact) mass is 214 g/mol. The molecule has 0 aliphatic heterocycles. The van der Waals surface area contributed by atoms with Crippen LogP contribution in [-0.4, -0.2) is 33.5 Å². The van der Waals surface area contributed by atoms with Gasteiger partial charge in [0.2, 0.25) is 5.75 Å². The van der Waals surface area contributed by atoms with Crippen molar-refractivity contribution >= 4 is 5.97 Å². The van der Waals surface area contributed by atoms with Crippen molar-refractivity contribution in [2.24, 2.45) is 0 Å². The minimum atomic E-state index is -1.71. The van der Waals surface area contributed by atoms with Crippen LogP contribution >= 0.6 is 0 Å². The summed E-state index contributed by atoms with van der Waals surface area (Å²) in [5.41, 5.74) is -0.239. The number of methoxy groups -OCH3 is 1. The highest BCUT2D eigenvalue weighted by molar-refractivity contribution is 5.78. The molecule has 0 saturated heterocycles. The van der Waals surface area contributed by atoms with Crippen LogP contribution in [0, 0.1) is 0 Å². The van der Waals surface area contributed by atoms with Crippen molar-refractivity contribution in [2.75, 3.05) is 7.11 Å². The van der Waals surface area contributed by atoms with Crippen molar-refractivity contribution in [1.82, 2.24) is 0 Å². The van der Waals surface area contributed by atoms with E-state index in [2.05, 4.69) is 4.74 Å². The van der Waals surface area contributed by atoms with Crippen molar-refractivity contribution in [3.63, 3.8) is 0 Å². The van der Waals surface area contributed by atoms with Crippen LogP contribution in [0.2, 0.25) is 0 Å². The Balaban J connectivity index is 3.16. The molecule has 6 heteroatoms. The van der Waals surface area contributed by atoms with E-state index in [-0.39, 0.29) is 5.56 Å². The molecule has 1 rings (SSSR count). The third-order valence-electron chi connectivity index (χ3n) is 1.88. The summed E-state index contributed by atoms with van der Waals surface area (Å²) in [5, 5.41) is 36.8. The number of hydrogen-bond donors (Lipinski definition) is 4. The molecule has 4 N–H and O–H groups in total. The largest absolute Gasteiger partial charge is 0.504 e. The second kappa shape index (κ2) is 4.05. The molecule has 1 unspecified atom stereocenters. The van der Waals surface area contributed by atoms with E-state index in [0.29, 0.717) is 0 Å². The summed E-state index contributed by atoms with van der Waals surface area (Å²) in [5.74, 6) is -3.08. The van der Waals surface area contributed by atoms with E-state index in [1.165, 1.54) is 0 Å². The van der Waals surface area contributed by atoms with Gasteiger partial charge < -0.3 is 25.2 Å². The Morgan fingerprint density at radius 3 is 2.40 bits per heavy atom. The van der Waals surface area contributed by atoms with Gasteiger partial charge in [0.1, 0.15) is 0 Å². The molecule has 0 fully saturated rings. The molecule has 1 aromatic rings. The van der Waals surface area contributed by atoms with Gasteiger partial charge in [-0.2, -0.15) is 0 Å². The third-order valence-corrected chi connectivity index (χ3v) is 1.88. The van der Waals surface area contributed by atoms with Crippen LogP contribution in [-0.2, 0) is 9.53 Å². The lowest BCUT2D eigenvalue weighted by Crippen LogP contribution is -2.13. The molecule has 15 heavy (non-hydrogen) atoms. The molecule has 0 aliphatic carbocycles. The SMILES string of the molecule is COC(=O)C(O)c1ccc(O)c(O)c1O. The predicted octanol–water partition coefficient (Wildman–Crippen LogP) is 0.00980. The van der Waals surface area contributed by atoms with Crippen LogP contribution in [0.25, 0.3) is 0 Å². The van der Waals surface area contributed by atoms with E-state index in [0.717, 1.165) is 19.2 Å². The number of ether oxygens (including phenoxy) is 1. The Morgan fingerprint density at radius 1 is 1.27 bits per heavy atom. The van der Waals surface area contributed by atoms with Crippen LogP contribution in [0.15, 0.2) is 12.1 Å². The van der Waals surface area contributed by atoms with E-state index < -0.39 is 29.3 Å². The Morgan fingerprint density at radius 2 is 1.87 bits per heavy atom. The first-order valence-electron chi connectivity index (χ1n) is 3.98. The minimum Gasteiger partial charge on any atom is -0.504 e. The zero-order valence-corrected chi connectivity index (χ0v) is 7.84. The third kappa shape index (κ3) is 1.94. The average molecular weight is 214 g/mol. The number of hydrogen-bond acceptors (Lipinski definition) is 6. The van der Waals surface area contributed by atoms with Crippen LogP contribution in [0.4, 0.5) is 0 Å². The highest BCUT2D eigenvalue weighted by Gasteiger charge is 2.24. The van der Waals surface area contributed by atoms with Crippen molar-refractivity contribution in [2.45, 2.75) is 6.10 Å². The van der Waals surface area contributed by atoms with Gasteiger partial charge in [0, 0.05) is 5.56 Å². The highest BCUT2D eigenvalue weighted by Crippen LogP contribution is 2.39. The van der Waals surface area contributed by atoms with Gasteiger partial charge in [0.05, 0.1) is 7.11 Å². The van der Waals surface area contributed by atoms with Crippen LogP contribution in [0.5, 0.6) is 17.2 Å². The zero-order valence-electron chi connectivity index (χ0n) is 7.84. The van der Waals surface area contributed by atoms with Gasteiger partial charge in [-0.1, -0.05) is 0 Å². The zero-order chi connectivity index (χ0) is 11.6. The maximum atomic E-state index is 10.9. The van der Waals surface area contributed by atoms with E-state index in [4.69, 9.17) is 10.2 Å². The summed E-state index contributed by atoms with van der Waals surface area (Å²) >= 11 is 0. The number of aliphatic hydroxyl groups is 1. The first-order valence-corrected chi connectivity index (χ1v) is 3.98. The fourth-order valence-electron chi connectivity index (χ4n) is 1.04. The number of phenolic OH excluding ortho intramolecular Hbond substituents is 3. The normalized spacial score (nSPS) is 12.1. The number of aliphatic hydroxyl groups excluding tert-OH is 1. The maximum absolute atomic E-state index is 10.9. The van der Waals surface area contributed by atoms with Crippen molar-refractivity contribution < 1.29 is 30.0 Å². The Labute approximate surface area is 85.0 Å². The fourth-order valence-corrected chi connectivity index (χ4v) is 1.04. The van der Waals surface area contributed by atoms with Gasteiger partial charge in [0.15, 0.2) is 17.6 Å². The summed E-state index contributed by atoms with van der Waals surface area (Å²) in [6.45, 7) is 0. The molecule has 1 atom stereocenters. The second-order valence-corrected chi connectivity index (χ2v) is 2.80. The molecule has 0 bridgehead atoms. The molecule has 0 heterocycles. The van der Waals surface area contributed by atoms with Crippen LogP contribution in [0.3, 0.4) is 0 Å². The smallest absolute Gasteiger partial charge is 0.339 e. The summed E-state index contributed by atoms with van der Waals surface area (Å²) in [4.78, 5) is 10.9. The topological polar surface area (TPSA) is 107 Å². The van der Waals surface area contributed by atoms with E-state index in [1.807, 2.05) is 0 Å². The summed E-state index contributed by atoms with van der Waals surface area (Å²) in [6.07, 6.45) is -1.71. The van der Waals surface area contributed by atoms with E-state index in [1.54, 1.807) is 0 Å². The van der Waals surface area contributed by atoms with Gasteiger partial charge in [-0.3, -0.25) is 0 Å². The molecule has 0 aromatic heterocycles. The maximum Gasteiger partial charge on any atom is 0.339 e. The number of esters is 1. The lowest BCUT2D eigenvalue weighted by atomic mass is 10.1. The Kier molecular flexibility index (Phi) is 3.01. The van der Waals surface area contributed by atoms with Crippen molar-refractivity contribution in [1.29, 1.82) is 0 Å². The quantitative estimate of drug-likeness (QED) is 0.408. The molecule has 0 saturated carbocycles. The summed E-state index contributed by atoms with van der Waals surface area (Å²) in [6, 6.07) is 2.14. The first-order chi connectivity index (χ1) is 6.99. The van der Waals surface area contributed by atoms with Gasteiger partial charge in [-0.25, -0.2) is 4.79 Å². The number of rotatable bonds is 2. The molecule has 0 aliphatic rings. The fraction of sp³-hybridized carbons (Fsp3) is 0.222. The minimum absolute atomic E-state index is 0.239. The predicted molar refractivity (Wildman–Crippen MR) is 48.4 cm³/mol. The summed E-state index contributed by atoms with van der Waals surface area (Å²) < 4.78 is 4.25. The standard InChI is InChI=1S/C9H10O6/c1-15-9(14)7(12)4-2-3-5(10)8(13)6(4)11/h2-3,7,10-13H,1H3. The molecule has 0 amide bonds. The highest BCUT2D eigenvalue weighted by atomic mass is 16.5. The molecule has 6 nitrogen and oxygen atoms in total. The van der Waals surface area contributed by atoms with Gasteiger partial charge in [0.25, 0.3) is 0 Å². The molecular formula is C9H10O6. The number of carbonyl (C=O) groups is 1. The number of aromatic hydroxyl groups is 3. The van der Waals surface area contributed by atoms with Crippen LogP contribution in [0.1, 0.15) is 11.7 Å². The first kappa shape index (κ1) is 11.1. The van der Waals surface area contributed by atoms with E-state index >= 15 is 0 Å². The Hall–Kier alpha value is -1.95. The number of phenols is 3. The molecule has 0 radical (unpaired) electrons. The summed E-state index contributed by atoms with van der Waals surface area (Å²) in [7, 11) is 1.07.